The molecule has 9 rings (SSSR count). The summed E-state index contributed by atoms with van der Waals surface area (Å²) in [6.45, 7) is 3.60. The zero-order valence-electron chi connectivity index (χ0n) is 27.4. The second-order valence-corrected chi connectivity index (χ2v) is 12.6. The van der Waals surface area contributed by atoms with Crippen LogP contribution in [0.2, 0.25) is 0 Å². The number of halogens is 6. The van der Waals surface area contributed by atoms with Crippen LogP contribution in [-0.2, 0) is 5.41 Å². The fourth-order valence-electron chi connectivity index (χ4n) is 6.59. The predicted octanol–water partition coefficient (Wildman–Crippen LogP) is 11.3. The van der Waals surface area contributed by atoms with Gasteiger partial charge in [0.05, 0.1) is 0 Å². The molecule has 0 spiro atoms. The SMILES string of the molecule is Cc1ccc(-c2nc3cc(C(c4ccc5oc(-c6ccc(-c7nc8cc9nc(C)oc9cc8o7)cc6)nc5c4)(C(F)(F)F)C(F)(F)F)ccc3o2)cc1. The number of hydrogen-bond acceptors (Lipinski definition) is 8. The molecule has 0 aliphatic rings. The largest absolute Gasteiger partial charge is 0.441 e. The Bertz CT molecular complexity index is 2780. The Hall–Kier alpha value is -6.44. The van der Waals surface area contributed by atoms with Gasteiger partial charge in [0.1, 0.15) is 22.1 Å². The maximum atomic E-state index is 15.1. The van der Waals surface area contributed by atoms with Crippen molar-refractivity contribution in [3.8, 4) is 34.4 Å². The number of fused-ring (bicyclic) bond motifs is 4. The minimum absolute atomic E-state index is 0.00659. The third-order valence-corrected chi connectivity index (χ3v) is 9.17. The first-order valence-corrected chi connectivity index (χ1v) is 16.1. The Morgan fingerprint density at radius 3 is 1.28 bits per heavy atom. The fourth-order valence-corrected chi connectivity index (χ4v) is 6.59. The van der Waals surface area contributed by atoms with E-state index in [1.54, 1.807) is 67.6 Å². The van der Waals surface area contributed by atoms with Gasteiger partial charge in [-0.15, -0.1) is 0 Å². The molecule has 9 aromatic rings. The van der Waals surface area contributed by atoms with Gasteiger partial charge in [-0.25, -0.2) is 19.9 Å². The number of benzene rings is 5. The molecule has 53 heavy (non-hydrogen) atoms. The minimum Gasteiger partial charge on any atom is -0.441 e. The monoisotopic (exact) mass is 724 g/mol. The Labute approximate surface area is 293 Å². The lowest BCUT2D eigenvalue weighted by atomic mass is 9.72. The normalized spacial score (nSPS) is 12.9. The van der Waals surface area contributed by atoms with Crippen LogP contribution in [0.1, 0.15) is 22.6 Å². The predicted molar refractivity (Wildman–Crippen MR) is 182 cm³/mol. The van der Waals surface area contributed by atoms with Gasteiger partial charge in [0.2, 0.25) is 23.1 Å². The summed E-state index contributed by atoms with van der Waals surface area (Å²) in [4.78, 5) is 17.4. The van der Waals surface area contributed by atoms with Crippen molar-refractivity contribution in [1.29, 1.82) is 0 Å². The van der Waals surface area contributed by atoms with Crippen LogP contribution in [0, 0.1) is 13.8 Å². The van der Waals surface area contributed by atoms with Crippen molar-refractivity contribution >= 4 is 44.4 Å². The van der Waals surface area contributed by atoms with Crippen molar-refractivity contribution in [2.75, 3.05) is 0 Å². The third-order valence-electron chi connectivity index (χ3n) is 9.17. The van der Waals surface area contributed by atoms with Gasteiger partial charge >= 0.3 is 12.4 Å². The smallest absolute Gasteiger partial charge is 0.411 e. The number of hydrogen-bond donors (Lipinski definition) is 0. The molecule has 0 saturated carbocycles. The van der Waals surface area contributed by atoms with Gasteiger partial charge in [0, 0.05) is 29.7 Å². The highest BCUT2D eigenvalue weighted by atomic mass is 19.4. The lowest BCUT2D eigenvalue weighted by Crippen LogP contribution is -2.54. The molecule has 0 bridgehead atoms. The van der Waals surface area contributed by atoms with Crippen LogP contribution in [0.4, 0.5) is 26.3 Å². The molecule has 0 fully saturated rings. The van der Waals surface area contributed by atoms with Crippen LogP contribution >= 0.6 is 0 Å². The number of aryl methyl sites for hydroxylation is 2. The van der Waals surface area contributed by atoms with E-state index in [2.05, 4.69) is 19.9 Å². The zero-order chi connectivity index (χ0) is 36.9. The highest BCUT2D eigenvalue weighted by Gasteiger charge is 2.72. The van der Waals surface area contributed by atoms with E-state index in [1.807, 2.05) is 6.92 Å². The lowest BCUT2D eigenvalue weighted by Gasteiger charge is -2.38. The topological polar surface area (TPSA) is 104 Å². The molecule has 0 amide bonds. The average Bonchev–Trinajstić information content (AvgIpc) is 3.90. The summed E-state index contributed by atoms with van der Waals surface area (Å²) in [5.74, 6) is 0.865. The molecule has 4 heterocycles. The first kappa shape index (κ1) is 32.5. The van der Waals surface area contributed by atoms with Crippen molar-refractivity contribution in [3.63, 3.8) is 0 Å². The van der Waals surface area contributed by atoms with E-state index < -0.39 is 28.9 Å². The highest BCUT2D eigenvalue weighted by molar-refractivity contribution is 5.90. The summed E-state index contributed by atoms with van der Waals surface area (Å²) in [5.41, 5.74) is -2.22. The number of rotatable bonds is 5. The molecule has 8 nitrogen and oxygen atoms in total. The van der Waals surface area contributed by atoms with E-state index in [0.717, 1.165) is 42.0 Å². The average molecular weight is 725 g/mol. The molecule has 0 atom stereocenters. The Kier molecular flexibility index (Phi) is 6.91. The summed E-state index contributed by atoms with van der Waals surface area (Å²) in [6, 6.07) is 22.2. The third kappa shape index (κ3) is 5.15. The van der Waals surface area contributed by atoms with Crippen molar-refractivity contribution in [2.24, 2.45) is 0 Å². The minimum atomic E-state index is -5.83. The number of aromatic nitrogens is 4. The van der Waals surface area contributed by atoms with Gasteiger partial charge in [0.25, 0.3) is 0 Å². The quantitative estimate of drug-likeness (QED) is 0.162. The van der Waals surface area contributed by atoms with Crippen molar-refractivity contribution in [3.05, 3.63) is 120 Å². The van der Waals surface area contributed by atoms with E-state index in [0.29, 0.717) is 50.7 Å². The summed E-state index contributed by atoms with van der Waals surface area (Å²) in [5, 5.41) is 0. The first-order valence-electron chi connectivity index (χ1n) is 16.1. The van der Waals surface area contributed by atoms with Crippen LogP contribution in [0.3, 0.4) is 0 Å². The second-order valence-electron chi connectivity index (χ2n) is 12.6. The van der Waals surface area contributed by atoms with Crippen molar-refractivity contribution in [2.45, 2.75) is 31.6 Å². The zero-order valence-corrected chi connectivity index (χ0v) is 27.4. The molecule has 0 unspecified atom stereocenters. The molecular weight excluding hydrogens is 702 g/mol. The van der Waals surface area contributed by atoms with Gasteiger partial charge in [0.15, 0.2) is 28.2 Å². The molecule has 0 N–H and O–H groups in total. The van der Waals surface area contributed by atoms with Gasteiger partial charge in [-0.1, -0.05) is 29.8 Å². The molecule has 14 heteroatoms. The van der Waals surface area contributed by atoms with Crippen LogP contribution in [0.15, 0.2) is 115 Å². The van der Waals surface area contributed by atoms with E-state index in [-0.39, 0.29) is 34.0 Å². The van der Waals surface area contributed by atoms with E-state index in [9.17, 15) is 0 Å². The van der Waals surface area contributed by atoms with Crippen LogP contribution in [0.5, 0.6) is 0 Å². The number of nitrogens with zero attached hydrogens (tertiary/aromatic N) is 4. The Morgan fingerprint density at radius 2 is 0.811 bits per heavy atom. The van der Waals surface area contributed by atoms with E-state index in [4.69, 9.17) is 17.7 Å². The maximum Gasteiger partial charge on any atom is 0.411 e. The van der Waals surface area contributed by atoms with E-state index >= 15 is 26.3 Å². The van der Waals surface area contributed by atoms with Crippen molar-refractivity contribution in [1.82, 2.24) is 19.9 Å². The van der Waals surface area contributed by atoms with Crippen molar-refractivity contribution < 1.29 is 44.0 Å². The molecule has 0 radical (unpaired) electrons. The maximum absolute atomic E-state index is 15.1. The summed E-state index contributed by atoms with van der Waals surface area (Å²) in [6.07, 6.45) is -11.7. The van der Waals surface area contributed by atoms with Gasteiger partial charge in [-0.05, 0) is 84.8 Å². The molecule has 0 saturated heterocycles. The highest BCUT2D eigenvalue weighted by Crippen LogP contribution is 2.57. The molecule has 4 aromatic heterocycles. The molecule has 0 aliphatic heterocycles. The van der Waals surface area contributed by atoms with Crippen LogP contribution in [0.25, 0.3) is 78.8 Å². The number of alkyl halides is 6. The standard InChI is InChI=1S/C39H22F6N4O4/c1-19-3-5-21(6-4-19)34-47-26-15-24(11-13-30(26)51-34)37(38(40,41)42,39(43,44)45)25-12-14-31-27(16-25)48-35(52-31)22-7-9-23(10-8-22)36-49-29-17-28-32(18-33(29)53-36)50-20(2)46-28/h3-18H,1-2H3. The summed E-state index contributed by atoms with van der Waals surface area (Å²) in [7, 11) is 0. The van der Waals surface area contributed by atoms with Gasteiger partial charge in [-0.2, -0.15) is 26.3 Å². The van der Waals surface area contributed by atoms with Gasteiger partial charge < -0.3 is 17.7 Å². The van der Waals surface area contributed by atoms with Gasteiger partial charge in [-0.3, -0.25) is 0 Å². The molecule has 0 aliphatic carbocycles. The molecule has 264 valence electrons. The first-order chi connectivity index (χ1) is 25.3. The van der Waals surface area contributed by atoms with E-state index in [1.165, 1.54) is 0 Å². The van der Waals surface area contributed by atoms with Crippen LogP contribution < -0.4 is 0 Å². The molecular formula is C39H22F6N4O4. The second kappa shape index (κ2) is 11.3. The Morgan fingerprint density at radius 1 is 0.415 bits per heavy atom. The Balaban J connectivity index is 1.09. The fraction of sp³-hybridized carbons (Fsp3) is 0.128. The van der Waals surface area contributed by atoms with Crippen LogP contribution in [-0.4, -0.2) is 32.3 Å². The lowest BCUT2D eigenvalue weighted by molar-refractivity contribution is -0.288. The summed E-state index contributed by atoms with van der Waals surface area (Å²) < 4.78 is 114. The summed E-state index contributed by atoms with van der Waals surface area (Å²) >= 11 is 0. The number of oxazole rings is 4. The molecule has 5 aromatic carbocycles.